The van der Waals surface area contributed by atoms with Gasteiger partial charge in [-0.1, -0.05) is 23.4 Å². The molecule has 2 atom stereocenters. The van der Waals surface area contributed by atoms with Gasteiger partial charge in [-0.2, -0.15) is 0 Å². The third-order valence-electron chi connectivity index (χ3n) is 5.66. The lowest BCUT2D eigenvalue weighted by molar-refractivity contribution is 0.0123. The number of carbonyl (C=O) groups excluding carboxylic acids is 1. The first-order valence-corrected chi connectivity index (χ1v) is 12.7. The van der Waals surface area contributed by atoms with Crippen LogP contribution in [0.25, 0.3) is 10.9 Å². The molecule has 2 aliphatic heterocycles. The molecule has 1 aromatic heterocycles. The Bertz CT molecular complexity index is 1070. The van der Waals surface area contributed by atoms with Crippen molar-refractivity contribution in [3.8, 4) is 5.75 Å². The molecular formula is C21H25BrClFN4O3S. The van der Waals surface area contributed by atoms with Gasteiger partial charge in [-0.15, -0.1) is 0 Å². The van der Waals surface area contributed by atoms with E-state index in [1.165, 1.54) is 18.9 Å². The van der Waals surface area contributed by atoms with E-state index in [1.54, 1.807) is 0 Å². The summed E-state index contributed by atoms with van der Waals surface area (Å²) in [5.41, 5.74) is -0.409. The second-order valence-corrected chi connectivity index (χ2v) is 10.9. The summed E-state index contributed by atoms with van der Waals surface area (Å²) >= 11 is 10.9. The van der Waals surface area contributed by atoms with Crippen molar-refractivity contribution in [3.63, 3.8) is 0 Å². The van der Waals surface area contributed by atoms with Crippen molar-refractivity contribution in [2.24, 2.45) is 0 Å². The summed E-state index contributed by atoms with van der Waals surface area (Å²) in [5.74, 6) is 0.324. The number of halogens is 3. The highest BCUT2D eigenvalue weighted by Crippen LogP contribution is 2.46. The van der Waals surface area contributed by atoms with E-state index in [9.17, 15) is 4.79 Å². The van der Waals surface area contributed by atoms with E-state index in [0.717, 1.165) is 12.8 Å². The number of carbonyl (C=O) groups is 1. The molecule has 0 saturated carbocycles. The minimum absolute atomic E-state index is 0.0203. The van der Waals surface area contributed by atoms with Crippen LogP contribution in [-0.2, 0) is 4.74 Å². The minimum atomic E-state index is -0.557. The summed E-state index contributed by atoms with van der Waals surface area (Å²) in [4.78, 5) is 25.9. The Hall–Kier alpha value is -1.52. The quantitative estimate of drug-likeness (QED) is 0.285. The van der Waals surface area contributed by atoms with Crippen molar-refractivity contribution < 1.29 is 18.7 Å². The summed E-state index contributed by atoms with van der Waals surface area (Å²) in [5, 5.41) is 1.01. The van der Waals surface area contributed by atoms with Crippen LogP contribution >= 0.6 is 39.3 Å². The van der Waals surface area contributed by atoms with Crippen LogP contribution in [0.4, 0.5) is 15.0 Å². The summed E-state index contributed by atoms with van der Waals surface area (Å²) < 4.78 is 26.5. The number of anilines is 1. The number of hydrogen-bond donors (Lipinski definition) is 0. The Balaban J connectivity index is 1.78. The smallest absolute Gasteiger partial charge is 0.410 e. The predicted octanol–water partition coefficient (Wildman–Crippen LogP) is 5.50. The third-order valence-corrected chi connectivity index (χ3v) is 7.54. The molecule has 2 saturated heterocycles. The molecule has 0 spiro atoms. The normalized spacial score (nSPS) is 20.8. The Kier molecular flexibility index (Phi) is 6.41. The molecule has 32 heavy (non-hydrogen) atoms. The van der Waals surface area contributed by atoms with Gasteiger partial charge >= 0.3 is 6.09 Å². The summed E-state index contributed by atoms with van der Waals surface area (Å²) in [6.07, 6.45) is 3.29. The van der Waals surface area contributed by atoms with Crippen molar-refractivity contribution in [2.45, 2.75) is 56.5 Å². The molecule has 0 N–H and O–H groups in total. The van der Waals surface area contributed by atoms with Crippen LogP contribution < -0.4 is 9.64 Å². The van der Waals surface area contributed by atoms with E-state index in [4.69, 9.17) is 26.1 Å². The van der Waals surface area contributed by atoms with Gasteiger partial charge in [0.05, 0.1) is 29.1 Å². The Morgan fingerprint density at radius 2 is 1.88 bits per heavy atom. The second kappa shape index (κ2) is 8.68. The SMILES string of the molecule is COc1c(Cl)c(Br)c(F)c2nc(SC)nc(N3CC4CCC(C3)N4C(=O)OC(C)(C)C)c12. The molecule has 2 aliphatic rings. The number of ether oxygens (including phenoxy) is 2. The zero-order chi connectivity index (χ0) is 23.4. The number of methoxy groups -OCH3 is 1. The number of thioether (sulfide) groups is 1. The maximum absolute atomic E-state index is 15.2. The number of fused-ring (bicyclic) bond motifs is 3. The number of hydrogen-bond acceptors (Lipinski definition) is 7. The largest absolute Gasteiger partial charge is 0.494 e. The van der Waals surface area contributed by atoms with E-state index >= 15 is 4.39 Å². The lowest BCUT2D eigenvalue weighted by atomic mass is 10.1. The Morgan fingerprint density at radius 1 is 1.25 bits per heavy atom. The minimum Gasteiger partial charge on any atom is -0.494 e. The molecule has 1 aromatic carbocycles. The number of aromatic nitrogens is 2. The van der Waals surface area contributed by atoms with Crippen molar-refractivity contribution in [1.82, 2.24) is 14.9 Å². The molecule has 1 amide bonds. The topological polar surface area (TPSA) is 67.8 Å². The van der Waals surface area contributed by atoms with Crippen LogP contribution in [0.5, 0.6) is 5.75 Å². The van der Waals surface area contributed by atoms with Gasteiger partial charge in [0.2, 0.25) is 0 Å². The molecule has 2 unspecified atom stereocenters. The first kappa shape index (κ1) is 23.6. The Labute approximate surface area is 204 Å². The van der Waals surface area contributed by atoms with E-state index in [1.807, 2.05) is 31.9 Å². The first-order valence-electron chi connectivity index (χ1n) is 10.3. The van der Waals surface area contributed by atoms with E-state index in [-0.39, 0.29) is 33.2 Å². The summed E-state index contributed by atoms with van der Waals surface area (Å²) in [6.45, 7) is 6.69. The molecule has 2 bridgehead atoms. The average molecular weight is 548 g/mol. The van der Waals surface area contributed by atoms with Crippen LogP contribution in [0.15, 0.2) is 9.63 Å². The van der Waals surface area contributed by atoms with Crippen molar-refractivity contribution in [3.05, 3.63) is 15.3 Å². The molecule has 2 aromatic rings. The van der Waals surface area contributed by atoms with E-state index in [2.05, 4.69) is 25.8 Å². The van der Waals surface area contributed by atoms with Crippen molar-refractivity contribution in [2.75, 3.05) is 31.4 Å². The molecule has 2 fully saturated rings. The van der Waals surface area contributed by atoms with Gasteiger partial charge in [0.25, 0.3) is 0 Å². The average Bonchev–Trinajstić information content (AvgIpc) is 3.00. The fourth-order valence-corrected chi connectivity index (χ4v) is 5.39. The number of rotatable bonds is 3. The zero-order valence-electron chi connectivity index (χ0n) is 18.5. The summed E-state index contributed by atoms with van der Waals surface area (Å²) in [6, 6.07) is -0.0405. The third kappa shape index (κ3) is 4.09. The fourth-order valence-electron chi connectivity index (χ4n) is 4.41. The lowest BCUT2D eigenvalue weighted by Crippen LogP contribution is -2.57. The van der Waals surface area contributed by atoms with Gasteiger partial charge in [0.15, 0.2) is 16.7 Å². The van der Waals surface area contributed by atoms with Crippen LogP contribution in [0.3, 0.4) is 0 Å². The number of nitrogens with zero attached hydrogens (tertiary/aromatic N) is 4. The molecule has 11 heteroatoms. The van der Waals surface area contributed by atoms with Crippen LogP contribution in [0, 0.1) is 5.82 Å². The molecule has 7 nitrogen and oxygen atoms in total. The first-order chi connectivity index (χ1) is 15.1. The van der Waals surface area contributed by atoms with Crippen molar-refractivity contribution in [1.29, 1.82) is 0 Å². The molecule has 4 rings (SSSR count). The number of amides is 1. The lowest BCUT2D eigenvalue weighted by Gasteiger charge is -2.42. The van der Waals surface area contributed by atoms with Gasteiger partial charge in [-0.25, -0.2) is 19.2 Å². The fraction of sp³-hybridized carbons (Fsp3) is 0.571. The molecule has 174 valence electrons. The van der Waals surface area contributed by atoms with Gasteiger partial charge in [-0.05, 0) is 55.8 Å². The van der Waals surface area contributed by atoms with Crippen molar-refractivity contribution >= 4 is 62.1 Å². The monoisotopic (exact) mass is 546 g/mol. The number of benzene rings is 1. The highest BCUT2D eigenvalue weighted by atomic mass is 79.9. The standard InChI is InChI=1S/C21H25BrClFN4O3S/c1-21(2,3)31-20(29)28-10-6-7-11(28)9-27(8-10)18-12-16(25-19(26-18)32-5)15(24)13(22)14(23)17(12)30-4/h10-11H,6-9H2,1-5H3. The maximum Gasteiger partial charge on any atom is 0.410 e. The van der Waals surface area contributed by atoms with E-state index in [0.29, 0.717) is 35.2 Å². The van der Waals surface area contributed by atoms with Crippen LogP contribution in [0.1, 0.15) is 33.6 Å². The second-order valence-electron chi connectivity index (χ2n) is 8.91. The van der Waals surface area contributed by atoms with Crippen LogP contribution in [0.2, 0.25) is 5.02 Å². The molecule has 3 heterocycles. The van der Waals surface area contributed by atoms with E-state index < -0.39 is 11.4 Å². The van der Waals surface area contributed by atoms with Crippen LogP contribution in [-0.4, -0.2) is 65.1 Å². The maximum atomic E-state index is 15.2. The molecule has 0 aliphatic carbocycles. The van der Waals surface area contributed by atoms with Gasteiger partial charge < -0.3 is 14.4 Å². The highest BCUT2D eigenvalue weighted by Gasteiger charge is 2.45. The van der Waals surface area contributed by atoms with Gasteiger partial charge in [0.1, 0.15) is 22.0 Å². The predicted molar refractivity (Wildman–Crippen MR) is 128 cm³/mol. The van der Waals surface area contributed by atoms with Gasteiger partial charge in [-0.3, -0.25) is 4.90 Å². The zero-order valence-corrected chi connectivity index (χ0v) is 21.7. The molecular weight excluding hydrogens is 523 g/mol. The molecule has 0 radical (unpaired) electrons. The number of piperazine rings is 1. The van der Waals surface area contributed by atoms with Gasteiger partial charge in [0, 0.05) is 13.1 Å². The Morgan fingerprint density at radius 3 is 2.41 bits per heavy atom. The highest BCUT2D eigenvalue weighted by molar-refractivity contribution is 9.10. The summed E-state index contributed by atoms with van der Waals surface area (Å²) in [7, 11) is 1.49.